The van der Waals surface area contributed by atoms with E-state index in [9.17, 15) is 4.79 Å². The number of aromatic nitrogens is 1. The van der Waals surface area contributed by atoms with E-state index in [4.69, 9.17) is 0 Å². The van der Waals surface area contributed by atoms with Gasteiger partial charge in [0.2, 0.25) is 5.91 Å². The second-order valence-corrected chi connectivity index (χ2v) is 7.40. The van der Waals surface area contributed by atoms with Crippen molar-refractivity contribution in [3.8, 4) is 0 Å². The molecule has 2 heterocycles. The number of likely N-dealkylation sites (tertiary alicyclic amines) is 1. The Hall–Kier alpha value is -1.42. The number of aryl methyl sites for hydroxylation is 1. The van der Waals surface area contributed by atoms with Crippen LogP contribution in [0.1, 0.15) is 44.5 Å². The number of hydrogen-bond donors (Lipinski definition) is 0. The molecule has 0 radical (unpaired) electrons. The molecule has 3 rings (SSSR count). The Morgan fingerprint density at radius 3 is 3.00 bits per heavy atom. The van der Waals surface area contributed by atoms with Crippen LogP contribution in [-0.4, -0.2) is 28.4 Å². The predicted molar refractivity (Wildman–Crippen MR) is 92.1 cm³/mol. The van der Waals surface area contributed by atoms with E-state index in [1.54, 1.807) is 11.3 Å². The number of fused-ring (bicyclic) bond motifs is 1. The Morgan fingerprint density at radius 2 is 2.23 bits per heavy atom. The quantitative estimate of drug-likeness (QED) is 0.825. The van der Waals surface area contributed by atoms with Crippen LogP contribution in [0.2, 0.25) is 0 Å². The third-order valence-electron chi connectivity index (χ3n) is 4.68. The van der Waals surface area contributed by atoms with Crippen molar-refractivity contribution in [1.82, 2.24) is 9.88 Å². The number of benzene rings is 1. The average Bonchev–Trinajstić information content (AvgIpc) is 3.09. The molecule has 3 nitrogen and oxygen atoms in total. The van der Waals surface area contributed by atoms with Crippen LogP contribution in [0, 0.1) is 5.92 Å². The molecule has 1 amide bonds. The Morgan fingerprint density at radius 1 is 1.41 bits per heavy atom. The molecule has 0 bridgehead atoms. The van der Waals surface area contributed by atoms with Gasteiger partial charge in [-0.25, -0.2) is 4.98 Å². The largest absolute Gasteiger partial charge is 0.339 e. The summed E-state index contributed by atoms with van der Waals surface area (Å²) in [6, 6.07) is 8.63. The second-order valence-electron chi connectivity index (χ2n) is 6.28. The van der Waals surface area contributed by atoms with E-state index in [0.29, 0.717) is 24.3 Å². The van der Waals surface area contributed by atoms with Gasteiger partial charge in [0.25, 0.3) is 0 Å². The lowest BCUT2D eigenvalue weighted by molar-refractivity contribution is -0.132. The van der Waals surface area contributed by atoms with Crippen molar-refractivity contribution < 1.29 is 4.79 Å². The highest BCUT2D eigenvalue weighted by molar-refractivity contribution is 7.18. The molecule has 1 aliphatic heterocycles. The summed E-state index contributed by atoms with van der Waals surface area (Å²) in [7, 11) is 0. The molecule has 118 valence electrons. The lowest BCUT2D eigenvalue weighted by Crippen LogP contribution is -2.37. The molecular formula is C18H24N2OS. The fourth-order valence-electron chi connectivity index (χ4n) is 3.44. The number of carbonyl (C=O) groups excluding carboxylic acids is 1. The monoisotopic (exact) mass is 316 g/mol. The minimum absolute atomic E-state index is 0.307. The first-order valence-corrected chi connectivity index (χ1v) is 9.14. The molecule has 0 saturated carbocycles. The first kappa shape index (κ1) is 15.5. The van der Waals surface area contributed by atoms with Gasteiger partial charge in [-0.2, -0.15) is 0 Å². The molecule has 22 heavy (non-hydrogen) atoms. The molecule has 1 saturated heterocycles. The van der Waals surface area contributed by atoms with Crippen LogP contribution < -0.4 is 0 Å². The summed E-state index contributed by atoms with van der Waals surface area (Å²) in [6.07, 6.45) is 4.79. The summed E-state index contributed by atoms with van der Waals surface area (Å²) >= 11 is 1.71. The SMILES string of the molecule is CCCC1C(C)CCN1C(=O)CCc1nc2ccccc2s1. The molecule has 1 aliphatic rings. The minimum Gasteiger partial charge on any atom is -0.339 e. The van der Waals surface area contributed by atoms with Gasteiger partial charge in [0, 0.05) is 25.4 Å². The van der Waals surface area contributed by atoms with Crippen molar-refractivity contribution >= 4 is 27.5 Å². The molecule has 1 aromatic carbocycles. The summed E-state index contributed by atoms with van der Waals surface area (Å²) in [6.45, 7) is 5.42. The van der Waals surface area contributed by atoms with Crippen LogP contribution in [-0.2, 0) is 11.2 Å². The number of nitrogens with zero attached hydrogens (tertiary/aromatic N) is 2. The van der Waals surface area contributed by atoms with E-state index in [1.165, 1.54) is 4.70 Å². The van der Waals surface area contributed by atoms with Crippen LogP contribution in [0.25, 0.3) is 10.2 Å². The summed E-state index contributed by atoms with van der Waals surface area (Å²) in [5.41, 5.74) is 1.05. The van der Waals surface area contributed by atoms with Gasteiger partial charge in [-0.15, -0.1) is 11.3 Å². The minimum atomic E-state index is 0.307. The van der Waals surface area contributed by atoms with Crippen LogP contribution in [0.3, 0.4) is 0 Å². The van der Waals surface area contributed by atoms with Gasteiger partial charge in [-0.1, -0.05) is 32.4 Å². The molecule has 0 spiro atoms. The van der Waals surface area contributed by atoms with Crippen molar-refractivity contribution in [2.45, 2.75) is 52.0 Å². The molecule has 0 aliphatic carbocycles. The van der Waals surface area contributed by atoms with Crippen molar-refractivity contribution in [1.29, 1.82) is 0 Å². The normalized spacial score (nSPS) is 21.6. The zero-order valence-electron chi connectivity index (χ0n) is 13.4. The standard InChI is InChI=1S/C18H24N2OS/c1-3-6-15-13(2)11-12-20(15)18(21)10-9-17-19-14-7-4-5-8-16(14)22-17/h4-5,7-8,13,15H,3,6,9-12H2,1-2H3. The zero-order chi connectivity index (χ0) is 15.5. The lowest BCUT2D eigenvalue weighted by atomic mass is 9.98. The summed E-state index contributed by atoms with van der Waals surface area (Å²) in [4.78, 5) is 19.3. The van der Waals surface area contributed by atoms with E-state index in [1.807, 2.05) is 18.2 Å². The van der Waals surface area contributed by atoms with E-state index in [2.05, 4.69) is 29.8 Å². The van der Waals surface area contributed by atoms with Gasteiger partial charge < -0.3 is 4.90 Å². The van der Waals surface area contributed by atoms with Gasteiger partial charge in [-0.05, 0) is 30.9 Å². The van der Waals surface area contributed by atoms with E-state index in [0.717, 1.165) is 42.8 Å². The summed E-state index contributed by atoms with van der Waals surface area (Å²) in [5.74, 6) is 0.952. The Kier molecular flexibility index (Phi) is 4.77. The zero-order valence-corrected chi connectivity index (χ0v) is 14.2. The van der Waals surface area contributed by atoms with Crippen LogP contribution in [0.15, 0.2) is 24.3 Å². The molecule has 0 N–H and O–H groups in total. The number of rotatable bonds is 5. The first-order valence-electron chi connectivity index (χ1n) is 8.33. The Labute approximate surface area is 136 Å². The lowest BCUT2D eigenvalue weighted by Gasteiger charge is -2.26. The smallest absolute Gasteiger partial charge is 0.223 e. The molecule has 2 aromatic rings. The van der Waals surface area contributed by atoms with Gasteiger partial charge in [0.15, 0.2) is 0 Å². The van der Waals surface area contributed by atoms with E-state index >= 15 is 0 Å². The third-order valence-corrected chi connectivity index (χ3v) is 5.77. The van der Waals surface area contributed by atoms with Gasteiger partial charge in [-0.3, -0.25) is 4.79 Å². The Bertz CT molecular complexity index is 618. The maximum absolute atomic E-state index is 12.6. The van der Waals surface area contributed by atoms with E-state index in [-0.39, 0.29) is 0 Å². The second kappa shape index (κ2) is 6.78. The fraction of sp³-hybridized carbons (Fsp3) is 0.556. The van der Waals surface area contributed by atoms with Crippen molar-refractivity contribution in [2.24, 2.45) is 5.92 Å². The average molecular weight is 316 g/mol. The topological polar surface area (TPSA) is 33.2 Å². The first-order chi connectivity index (χ1) is 10.7. The number of para-hydroxylation sites is 1. The maximum Gasteiger partial charge on any atom is 0.223 e. The maximum atomic E-state index is 12.6. The van der Waals surface area contributed by atoms with Gasteiger partial charge >= 0.3 is 0 Å². The number of amides is 1. The number of hydrogen-bond acceptors (Lipinski definition) is 3. The molecule has 4 heteroatoms. The molecule has 2 unspecified atom stereocenters. The molecule has 2 atom stereocenters. The molecule has 1 fully saturated rings. The third kappa shape index (κ3) is 3.17. The predicted octanol–water partition coefficient (Wildman–Crippen LogP) is 4.27. The van der Waals surface area contributed by atoms with Crippen molar-refractivity contribution in [3.63, 3.8) is 0 Å². The van der Waals surface area contributed by atoms with Gasteiger partial charge in [0.1, 0.15) is 0 Å². The molecular weight excluding hydrogens is 292 g/mol. The highest BCUT2D eigenvalue weighted by atomic mass is 32.1. The van der Waals surface area contributed by atoms with Gasteiger partial charge in [0.05, 0.1) is 15.2 Å². The van der Waals surface area contributed by atoms with Crippen molar-refractivity contribution in [3.05, 3.63) is 29.3 Å². The van der Waals surface area contributed by atoms with Crippen molar-refractivity contribution in [2.75, 3.05) is 6.54 Å². The summed E-state index contributed by atoms with van der Waals surface area (Å²) in [5, 5.41) is 1.08. The summed E-state index contributed by atoms with van der Waals surface area (Å²) < 4.78 is 1.21. The van der Waals surface area contributed by atoms with Crippen LogP contribution >= 0.6 is 11.3 Å². The highest BCUT2D eigenvalue weighted by Gasteiger charge is 2.33. The van der Waals surface area contributed by atoms with Crippen LogP contribution in [0.5, 0.6) is 0 Å². The molecule has 1 aromatic heterocycles. The number of thiazole rings is 1. The number of carbonyl (C=O) groups is 1. The van der Waals surface area contributed by atoms with E-state index < -0.39 is 0 Å². The highest BCUT2D eigenvalue weighted by Crippen LogP contribution is 2.28. The Balaban J connectivity index is 1.62. The fourth-order valence-corrected chi connectivity index (χ4v) is 4.41. The van der Waals surface area contributed by atoms with Crippen LogP contribution in [0.4, 0.5) is 0 Å².